The Morgan fingerprint density at radius 1 is 1.05 bits per heavy atom. The summed E-state index contributed by atoms with van der Waals surface area (Å²) in [5.41, 5.74) is 1.64. The smallest absolute Gasteiger partial charge is 0.339 e. The number of halogens is 1. The largest absolute Gasteiger partial charge is 0.497 e. The van der Waals surface area contributed by atoms with E-state index in [1.54, 1.807) is 47.6 Å². The number of hydrogen-bond acceptors (Lipinski definition) is 4. The number of ether oxygens (including phenoxy) is 1. The molecule has 116 valence electrons. The Morgan fingerprint density at radius 2 is 1.64 bits per heavy atom. The van der Waals surface area contributed by atoms with Gasteiger partial charge in [-0.05, 0) is 65.9 Å². The minimum Gasteiger partial charge on any atom is -0.497 e. The van der Waals surface area contributed by atoms with Crippen LogP contribution in [0.1, 0.15) is 11.1 Å². The fraction of sp³-hybridized carbons (Fsp3) is 0.125. The van der Waals surface area contributed by atoms with E-state index in [0.29, 0.717) is 11.3 Å². The van der Waals surface area contributed by atoms with E-state index in [1.165, 1.54) is 12.1 Å². The first-order valence-corrected chi connectivity index (χ1v) is 9.07. The topological polar surface area (TPSA) is 52.6 Å². The molecule has 6 heteroatoms. The van der Waals surface area contributed by atoms with E-state index in [1.807, 2.05) is 29.5 Å². The van der Waals surface area contributed by atoms with Crippen LogP contribution < -0.4 is 4.74 Å². The van der Waals surface area contributed by atoms with E-state index in [-0.39, 0.29) is 10.7 Å². The van der Waals surface area contributed by atoms with Crippen LogP contribution in [0.4, 0.5) is 0 Å². The Hall–Kier alpha value is -1.54. The summed E-state index contributed by atoms with van der Waals surface area (Å²) in [6, 6.07) is 13.5. The van der Waals surface area contributed by atoms with E-state index >= 15 is 0 Å². The number of methoxy groups -OCH3 is 1. The Bertz CT molecular complexity index is 763. The molecule has 0 unspecified atom stereocenters. The van der Waals surface area contributed by atoms with Gasteiger partial charge in [0, 0.05) is 9.65 Å². The van der Waals surface area contributed by atoms with Crippen LogP contribution in [0.2, 0.25) is 0 Å². The molecule has 0 aliphatic carbocycles. The number of aryl methyl sites for hydroxylation is 1. The monoisotopic (exact) mass is 430 g/mol. The van der Waals surface area contributed by atoms with Crippen LogP contribution in [0.15, 0.2) is 57.5 Å². The average Bonchev–Trinajstić information content (AvgIpc) is 2.53. The van der Waals surface area contributed by atoms with E-state index in [0.717, 1.165) is 5.56 Å². The van der Waals surface area contributed by atoms with Crippen molar-refractivity contribution in [3.63, 3.8) is 0 Å². The third kappa shape index (κ3) is 4.01. The van der Waals surface area contributed by atoms with Gasteiger partial charge in [-0.25, -0.2) is 0 Å². The second-order valence-corrected chi connectivity index (χ2v) is 6.72. The van der Waals surface area contributed by atoms with Gasteiger partial charge in [-0.2, -0.15) is 8.42 Å². The second kappa shape index (κ2) is 7.15. The van der Waals surface area contributed by atoms with Crippen molar-refractivity contribution in [1.82, 2.24) is 0 Å². The summed E-state index contributed by atoms with van der Waals surface area (Å²) < 4.78 is 36.6. The van der Waals surface area contributed by atoms with Gasteiger partial charge in [0.15, 0.2) is 5.76 Å². The first kappa shape index (κ1) is 16.8. The molecule has 0 radical (unpaired) electrons. The van der Waals surface area contributed by atoms with Crippen molar-refractivity contribution in [3.05, 3.63) is 63.7 Å². The summed E-state index contributed by atoms with van der Waals surface area (Å²) in [5, 5.41) is 0. The highest BCUT2D eigenvalue weighted by Crippen LogP contribution is 2.25. The zero-order chi connectivity index (χ0) is 16.2. The van der Waals surface area contributed by atoms with E-state index < -0.39 is 10.1 Å². The summed E-state index contributed by atoms with van der Waals surface area (Å²) >= 11 is 1.95. The zero-order valence-electron chi connectivity index (χ0n) is 12.1. The molecule has 0 amide bonds. The van der Waals surface area contributed by atoms with Gasteiger partial charge in [0.05, 0.1) is 7.11 Å². The molecule has 4 nitrogen and oxygen atoms in total. The van der Waals surface area contributed by atoms with Gasteiger partial charge in [0.25, 0.3) is 0 Å². The van der Waals surface area contributed by atoms with Crippen LogP contribution in [0, 0.1) is 6.92 Å². The summed E-state index contributed by atoms with van der Waals surface area (Å²) in [5.74, 6) is 0.960. The quantitative estimate of drug-likeness (QED) is 0.407. The Morgan fingerprint density at radius 3 is 2.14 bits per heavy atom. The maximum absolute atomic E-state index is 12.3. The fourth-order valence-electron chi connectivity index (χ4n) is 1.76. The second-order valence-electron chi connectivity index (χ2n) is 4.55. The number of benzene rings is 2. The molecule has 22 heavy (non-hydrogen) atoms. The maximum atomic E-state index is 12.3. The van der Waals surface area contributed by atoms with Crippen LogP contribution in [0.3, 0.4) is 0 Å². The summed E-state index contributed by atoms with van der Waals surface area (Å²) in [7, 11) is -2.28. The Balaban J connectivity index is 2.27. The predicted molar refractivity (Wildman–Crippen MR) is 94.4 cm³/mol. The van der Waals surface area contributed by atoms with Crippen molar-refractivity contribution in [2.75, 3.05) is 7.11 Å². The van der Waals surface area contributed by atoms with Crippen LogP contribution in [-0.2, 0) is 14.3 Å². The van der Waals surface area contributed by atoms with Gasteiger partial charge in [-0.1, -0.05) is 17.7 Å². The first-order chi connectivity index (χ1) is 10.5. The molecule has 2 rings (SSSR count). The minimum atomic E-state index is -3.86. The summed E-state index contributed by atoms with van der Waals surface area (Å²) in [6.07, 6.45) is 0. The van der Waals surface area contributed by atoms with E-state index in [2.05, 4.69) is 0 Å². The van der Waals surface area contributed by atoms with Gasteiger partial charge < -0.3 is 8.92 Å². The molecule has 0 heterocycles. The van der Waals surface area contributed by atoms with Crippen molar-refractivity contribution >= 4 is 38.5 Å². The number of rotatable bonds is 5. The molecule has 0 aromatic heterocycles. The van der Waals surface area contributed by atoms with Gasteiger partial charge in [-0.3, -0.25) is 0 Å². The van der Waals surface area contributed by atoms with Crippen LogP contribution in [-0.4, -0.2) is 15.5 Å². The Kier molecular flexibility index (Phi) is 5.47. The predicted octanol–water partition coefficient (Wildman–Crippen LogP) is 4.14. The molecule has 0 bridgehead atoms. The normalized spacial score (nSPS) is 12.0. The molecular formula is C16H15IO4S. The van der Waals surface area contributed by atoms with Crippen molar-refractivity contribution in [2.24, 2.45) is 0 Å². The molecule has 0 saturated carbocycles. The lowest BCUT2D eigenvalue weighted by Crippen LogP contribution is -2.06. The van der Waals surface area contributed by atoms with Crippen LogP contribution in [0.5, 0.6) is 5.75 Å². The highest BCUT2D eigenvalue weighted by Gasteiger charge is 2.18. The van der Waals surface area contributed by atoms with E-state index in [9.17, 15) is 8.42 Å². The molecule has 0 aliphatic heterocycles. The molecule has 0 saturated heterocycles. The fourth-order valence-corrected chi connectivity index (χ4v) is 3.36. The molecule has 2 aromatic rings. The van der Waals surface area contributed by atoms with Crippen LogP contribution in [0.25, 0.3) is 5.76 Å². The van der Waals surface area contributed by atoms with Crippen molar-refractivity contribution in [1.29, 1.82) is 0 Å². The van der Waals surface area contributed by atoms with Crippen molar-refractivity contribution < 1.29 is 17.3 Å². The lowest BCUT2D eigenvalue weighted by molar-refractivity contribution is 0.414. The van der Waals surface area contributed by atoms with Crippen molar-refractivity contribution in [2.45, 2.75) is 11.8 Å². The summed E-state index contributed by atoms with van der Waals surface area (Å²) in [6.45, 7) is 1.89. The van der Waals surface area contributed by atoms with Gasteiger partial charge in [0.1, 0.15) is 10.6 Å². The highest BCUT2D eigenvalue weighted by molar-refractivity contribution is 14.1. The SMILES string of the molecule is COc1ccc(/C(=C\I)OS(=O)(=O)c2ccc(C)cc2)cc1. The van der Waals surface area contributed by atoms with Crippen LogP contribution >= 0.6 is 22.6 Å². The maximum Gasteiger partial charge on any atom is 0.339 e. The third-order valence-corrected chi connectivity index (χ3v) is 4.80. The molecular weight excluding hydrogens is 415 g/mol. The standard InChI is InChI=1S/C16H15IO4S/c1-12-3-9-15(10-4-12)22(18,19)21-16(11-17)13-5-7-14(20-2)8-6-13/h3-11H,1-2H3/b16-11+. The third-order valence-electron chi connectivity index (χ3n) is 2.98. The zero-order valence-corrected chi connectivity index (χ0v) is 15.1. The van der Waals surface area contributed by atoms with Gasteiger partial charge in [0.2, 0.25) is 0 Å². The number of hydrogen-bond donors (Lipinski definition) is 0. The van der Waals surface area contributed by atoms with Crippen molar-refractivity contribution in [3.8, 4) is 5.75 Å². The molecule has 2 aromatic carbocycles. The molecule has 0 fully saturated rings. The van der Waals surface area contributed by atoms with E-state index in [4.69, 9.17) is 8.92 Å². The lowest BCUT2D eigenvalue weighted by atomic mass is 10.2. The highest BCUT2D eigenvalue weighted by atomic mass is 127. The molecule has 0 N–H and O–H groups in total. The Labute approximate surface area is 144 Å². The summed E-state index contributed by atoms with van der Waals surface area (Å²) in [4.78, 5) is 0.127. The molecule has 0 atom stereocenters. The molecule has 0 aliphatic rings. The molecule has 0 spiro atoms. The van der Waals surface area contributed by atoms with Gasteiger partial charge >= 0.3 is 10.1 Å². The minimum absolute atomic E-state index is 0.127. The average molecular weight is 430 g/mol. The van der Waals surface area contributed by atoms with Gasteiger partial charge in [-0.15, -0.1) is 0 Å². The first-order valence-electron chi connectivity index (χ1n) is 6.42. The lowest BCUT2D eigenvalue weighted by Gasteiger charge is -2.11.